The molecule has 1 N–H and O–H groups in total. The summed E-state index contributed by atoms with van der Waals surface area (Å²) in [6, 6.07) is 5.14. The van der Waals surface area contributed by atoms with Crippen LogP contribution in [0.2, 0.25) is 0 Å². The van der Waals surface area contributed by atoms with Gasteiger partial charge in [0, 0.05) is 19.2 Å². The normalized spacial score (nSPS) is 13.9. The van der Waals surface area contributed by atoms with Gasteiger partial charge in [-0.1, -0.05) is 19.4 Å². The van der Waals surface area contributed by atoms with Gasteiger partial charge >= 0.3 is 0 Å². The summed E-state index contributed by atoms with van der Waals surface area (Å²) in [6.07, 6.45) is 1.31. The largest absolute Gasteiger partial charge is 0.389 e. The lowest BCUT2D eigenvalue weighted by Crippen LogP contribution is -2.29. The summed E-state index contributed by atoms with van der Waals surface area (Å²) in [7, 11) is 1.87. The van der Waals surface area contributed by atoms with Crippen molar-refractivity contribution in [3.05, 3.63) is 33.9 Å². The Bertz CT molecular complexity index is 446. The number of nitro benzene ring substituents is 1. The van der Waals surface area contributed by atoms with E-state index in [0.29, 0.717) is 11.3 Å². The SMILES string of the molecule is CCCC(C)N(C)c1ccc([C@H](C)O)cc1[N+](=O)[O-]. The summed E-state index contributed by atoms with van der Waals surface area (Å²) >= 11 is 0. The number of hydrogen-bond acceptors (Lipinski definition) is 4. The van der Waals surface area contributed by atoms with Crippen molar-refractivity contribution >= 4 is 11.4 Å². The van der Waals surface area contributed by atoms with Crippen molar-refractivity contribution in [3.63, 3.8) is 0 Å². The second kappa shape index (κ2) is 6.52. The Labute approximate surface area is 114 Å². The van der Waals surface area contributed by atoms with Crippen molar-refractivity contribution in [3.8, 4) is 0 Å². The highest BCUT2D eigenvalue weighted by Gasteiger charge is 2.21. The zero-order valence-electron chi connectivity index (χ0n) is 12.0. The summed E-state index contributed by atoms with van der Waals surface area (Å²) in [5.74, 6) is 0. The molecule has 19 heavy (non-hydrogen) atoms. The molecule has 0 aromatic heterocycles. The third-order valence-electron chi connectivity index (χ3n) is 3.43. The lowest BCUT2D eigenvalue weighted by Gasteiger charge is -2.26. The minimum atomic E-state index is -0.703. The van der Waals surface area contributed by atoms with Crippen LogP contribution in [0.4, 0.5) is 11.4 Å². The number of anilines is 1. The summed E-state index contributed by atoms with van der Waals surface area (Å²) < 4.78 is 0. The first kappa shape index (κ1) is 15.4. The highest BCUT2D eigenvalue weighted by atomic mass is 16.6. The third kappa shape index (κ3) is 3.67. The molecular weight excluding hydrogens is 244 g/mol. The molecule has 1 unspecified atom stereocenters. The Morgan fingerprint density at radius 2 is 2.05 bits per heavy atom. The van der Waals surface area contributed by atoms with Crippen LogP contribution in [0.3, 0.4) is 0 Å². The molecule has 0 aliphatic heterocycles. The Morgan fingerprint density at radius 1 is 1.42 bits per heavy atom. The van der Waals surface area contributed by atoms with Gasteiger partial charge in [-0.15, -0.1) is 0 Å². The molecule has 1 rings (SSSR count). The molecule has 0 spiro atoms. The zero-order chi connectivity index (χ0) is 14.6. The van der Waals surface area contributed by atoms with Crippen molar-refractivity contribution in [1.29, 1.82) is 0 Å². The average Bonchev–Trinajstić information content (AvgIpc) is 2.37. The highest BCUT2D eigenvalue weighted by molar-refractivity contribution is 5.64. The second-order valence-corrected chi connectivity index (χ2v) is 4.93. The molecule has 2 atom stereocenters. The van der Waals surface area contributed by atoms with Gasteiger partial charge in [0.1, 0.15) is 5.69 Å². The van der Waals surface area contributed by atoms with Gasteiger partial charge in [0.25, 0.3) is 5.69 Å². The maximum absolute atomic E-state index is 11.2. The van der Waals surface area contributed by atoms with E-state index in [1.54, 1.807) is 19.1 Å². The van der Waals surface area contributed by atoms with Crippen LogP contribution in [0.5, 0.6) is 0 Å². The van der Waals surface area contributed by atoms with Crippen LogP contribution in [0, 0.1) is 10.1 Å². The predicted molar refractivity (Wildman–Crippen MR) is 76.5 cm³/mol. The number of nitrogens with zero attached hydrogens (tertiary/aromatic N) is 2. The van der Waals surface area contributed by atoms with Crippen molar-refractivity contribution in [2.45, 2.75) is 45.8 Å². The van der Waals surface area contributed by atoms with Crippen molar-refractivity contribution in [2.75, 3.05) is 11.9 Å². The maximum atomic E-state index is 11.2. The van der Waals surface area contributed by atoms with Gasteiger partial charge in [-0.25, -0.2) is 0 Å². The van der Waals surface area contributed by atoms with Crippen LogP contribution >= 0.6 is 0 Å². The minimum absolute atomic E-state index is 0.0452. The molecule has 0 heterocycles. The first-order valence-electron chi connectivity index (χ1n) is 6.57. The van der Waals surface area contributed by atoms with Crippen LogP contribution in [0.1, 0.15) is 45.3 Å². The van der Waals surface area contributed by atoms with E-state index in [1.807, 2.05) is 11.9 Å². The van der Waals surface area contributed by atoms with Crippen LogP contribution in [0.25, 0.3) is 0 Å². The first-order valence-corrected chi connectivity index (χ1v) is 6.57. The predicted octanol–water partition coefficient (Wildman–Crippen LogP) is 3.27. The maximum Gasteiger partial charge on any atom is 0.292 e. The smallest absolute Gasteiger partial charge is 0.292 e. The molecule has 0 radical (unpaired) electrons. The molecule has 0 saturated heterocycles. The Kier molecular flexibility index (Phi) is 5.30. The molecule has 5 heteroatoms. The molecule has 0 fully saturated rings. The molecule has 0 aliphatic carbocycles. The van der Waals surface area contributed by atoms with Gasteiger partial charge < -0.3 is 10.0 Å². The topological polar surface area (TPSA) is 66.6 Å². The van der Waals surface area contributed by atoms with Gasteiger partial charge in [-0.05, 0) is 31.9 Å². The second-order valence-electron chi connectivity index (χ2n) is 4.93. The molecule has 0 amide bonds. The molecule has 0 aliphatic rings. The number of aliphatic hydroxyl groups excluding tert-OH is 1. The molecule has 0 bridgehead atoms. The fourth-order valence-corrected chi connectivity index (χ4v) is 2.09. The standard InChI is InChI=1S/C14H22N2O3/c1-5-6-10(2)15(4)13-8-7-12(11(3)17)9-14(13)16(18)19/h7-11,17H,5-6H2,1-4H3/t10?,11-/m0/s1. The van der Waals surface area contributed by atoms with Gasteiger partial charge in [-0.3, -0.25) is 10.1 Å². The number of benzene rings is 1. The van der Waals surface area contributed by atoms with Crippen LogP contribution in [-0.2, 0) is 0 Å². The number of hydrogen-bond donors (Lipinski definition) is 1. The van der Waals surface area contributed by atoms with Gasteiger partial charge in [0.05, 0.1) is 11.0 Å². The fraction of sp³-hybridized carbons (Fsp3) is 0.571. The third-order valence-corrected chi connectivity index (χ3v) is 3.43. The van der Waals surface area contributed by atoms with E-state index < -0.39 is 11.0 Å². The average molecular weight is 266 g/mol. The van der Waals surface area contributed by atoms with Crippen molar-refractivity contribution in [2.24, 2.45) is 0 Å². The van der Waals surface area contributed by atoms with E-state index in [1.165, 1.54) is 6.07 Å². The van der Waals surface area contributed by atoms with Crippen LogP contribution in [0.15, 0.2) is 18.2 Å². The zero-order valence-corrected chi connectivity index (χ0v) is 12.0. The Morgan fingerprint density at radius 3 is 2.53 bits per heavy atom. The lowest BCUT2D eigenvalue weighted by molar-refractivity contribution is -0.384. The quantitative estimate of drug-likeness (QED) is 0.634. The first-order chi connectivity index (χ1) is 8.88. The molecule has 106 valence electrons. The van der Waals surface area contributed by atoms with E-state index in [9.17, 15) is 15.2 Å². The van der Waals surface area contributed by atoms with Crippen molar-refractivity contribution in [1.82, 2.24) is 0 Å². The monoisotopic (exact) mass is 266 g/mol. The van der Waals surface area contributed by atoms with Gasteiger partial charge in [0.2, 0.25) is 0 Å². The van der Waals surface area contributed by atoms with E-state index >= 15 is 0 Å². The number of rotatable bonds is 6. The van der Waals surface area contributed by atoms with E-state index in [2.05, 4.69) is 13.8 Å². The summed E-state index contributed by atoms with van der Waals surface area (Å²) in [5.41, 5.74) is 1.20. The van der Waals surface area contributed by atoms with Crippen LogP contribution in [-0.4, -0.2) is 23.1 Å². The Balaban J connectivity index is 3.16. The molecular formula is C14H22N2O3. The number of nitro groups is 1. The summed E-state index contributed by atoms with van der Waals surface area (Å²) in [6.45, 7) is 5.74. The van der Waals surface area contributed by atoms with Gasteiger partial charge in [0.15, 0.2) is 0 Å². The van der Waals surface area contributed by atoms with Crippen molar-refractivity contribution < 1.29 is 10.0 Å². The highest BCUT2D eigenvalue weighted by Crippen LogP contribution is 2.32. The molecule has 1 aromatic rings. The summed E-state index contributed by atoms with van der Waals surface area (Å²) in [5, 5.41) is 20.7. The van der Waals surface area contributed by atoms with E-state index in [4.69, 9.17) is 0 Å². The summed E-state index contributed by atoms with van der Waals surface area (Å²) in [4.78, 5) is 12.7. The molecule has 1 aromatic carbocycles. The van der Waals surface area contributed by atoms with E-state index in [0.717, 1.165) is 12.8 Å². The van der Waals surface area contributed by atoms with E-state index in [-0.39, 0.29) is 11.7 Å². The van der Waals surface area contributed by atoms with Gasteiger partial charge in [-0.2, -0.15) is 0 Å². The van der Waals surface area contributed by atoms with Crippen LogP contribution < -0.4 is 4.90 Å². The minimum Gasteiger partial charge on any atom is -0.389 e. The fourth-order valence-electron chi connectivity index (χ4n) is 2.09. The molecule has 5 nitrogen and oxygen atoms in total. The number of aliphatic hydroxyl groups is 1. The lowest BCUT2D eigenvalue weighted by atomic mass is 10.1. The Hall–Kier alpha value is -1.62. The molecule has 0 saturated carbocycles.